The Hall–Kier alpha value is -2.30. The Morgan fingerprint density at radius 3 is 2.57 bits per heavy atom. The molecular weight excluding hydrogens is 294 g/mol. The fourth-order valence-corrected chi connectivity index (χ4v) is 3.29. The minimum atomic E-state index is -0.284. The van der Waals surface area contributed by atoms with Gasteiger partial charge < -0.3 is 14.8 Å². The van der Waals surface area contributed by atoms with Gasteiger partial charge in [0.1, 0.15) is 5.75 Å². The molecule has 2 aliphatic carbocycles. The van der Waals surface area contributed by atoms with E-state index in [1.165, 1.54) is 0 Å². The summed E-state index contributed by atoms with van der Waals surface area (Å²) in [5.74, 6) is 0.985. The lowest BCUT2D eigenvalue weighted by molar-refractivity contribution is -0.153. The van der Waals surface area contributed by atoms with Crippen molar-refractivity contribution in [2.75, 3.05) is 13.7 Å². The Kier molecular flexibility index (Phi) is 4.65. The Bertz CT molecular complexity index is 608. The third-order valence-electron chi connectivity index (χ3n) is 4.58. The van der Waals surface area contributed by atoms with E-state index in [9.17, 15) is 9.59 Å². The third-order valence-corrected chi connectivity index (χ3v) is 4.58. The number of fused-ring (bicyclic) bond motifs is 2. The van der Waals surface area contributed by atoms with Crippen LogP contribution in [-0.2, 0) is 20.9 Å². The summed E-state index contributed by atoms with van der Waals surface area (Å²) in [5, 5.41) is 2.75. The summed E-state index contributed by atoms with van der Waals surface area (Å²) in [6, 6.07) is 7.44. The molecule has 1 aromatic carbocycles. The molecule has 1 saturated carbocycles. The van der Waals surface area contributed by atoms with Crippen molar-refractivity contribution in [3.63, 3.8) is 0 Å². The molecule has 5 heteroatoms. The maximum absolute atomic E-state index is 12.0. The van der Waals surface area contributed by atoms with Crippen molar-refractivity contribution in [2.24, 2.45) is 17.8 Å². The van der Waals surface area contributed by atoms with Gasteiger partial charge in [-0.05, 0) is 42.4 Å². The van der Waals surface area contributed by atoms with Crippen molar-refractivity contribution >= 4 is 11.9 Å². The van der Waals surface area contributed by atoms with Gasteiger partial charge in [0.15, 0.2) is 6.61 Å². The first kappa shape index (κ1) is 15.6. The second kappa shape index (κ2) is 6.86. The molecule has 5 nitrogen and oxygen atoms in total. The fraction of sp³-hybridized carbons (Fsp3) is 0.444. The summed E-state index contributed by atoms with van der Waals surface area (Å²) < 4.78 is 10.2. The normalized spacial score (nSPS) is 24.5. The van der Waals surface area contributed by atoms with Gasteiger partial charge in [-0.25, -0.2) is 0 Å². The van der Waals surface area contributed by atoms with Crippen molar-refractivity contribution < 1.29 is 19.1 Å². The van der Waals surface area contributed by atoms with Crippen LogP contribution in [0.4, 0.5) is 0 Å². The van der Waals surface area contributed by atoms with Crippen molar-refractivity contribution in [3.8, 4) is 5.75 Å². The van der Waals surface area contributed by atoms with E-state index in [0.717, 1.165) is 24.2 Å². The fourth-order valence-electron chi connectivity index (χ4n) is 3.29. The lowest BCUT2D eigenvalue weighted by atomic mass is 9.94. The Labute approximate surface area is 135 Å². The van der Waals surface area contributed by atoms with Crippen LogP contribution < -0.4 is 10.1 Å². The SMILES string of the molecule is COc1ccc(CNC(=O)COC(=O)[C@@H]2C[C@H]3C=C[C@H]2C3)cc1. The van der Waals surface area contributed by atoms with E-state index in [0.29, 0.717) is 18.4 Å². The van der Waals surface area contributed by atoms with Crippen molar-refractivity contribution in [1.82, 2.24) is 5.32 Å². The first-order valence-electron chi connectivity index (χ1n) is 7.90. The van der Waals surface area contributed by atoms with Crippen LogP contribution >= 0.6 is 0 Å². The molecule has 0 unspecified atom stereocenters. The molecule has 0 radical (unpaired) electrons. The Balaban J connectivity index is 1.39. The summed E-state index contributed by atoms with van der Waals surface area (Å²) in [4.78, 5) is 23.8. The van der Waals surface area contributed by atoms with Gasteiger partial charge in [0.2, 0.25) is 0 Å². The highest BCUT2D eigenvalue weighted by Gasteiger charge is 2.40. The van der Waals surface area contributed by atoms with E-state index in [1.54, 1.807) is 7.11 Å². The van der Waals surface area contributed by atoms with Gasteiger partial charge >= 0.3 is 5.97 Å². The van der Waals surface area contributed by atoms with E-state index in [4.69, 9.17) is 9.47 Å². The predicted octanol–water partition coefficient (Wildman–Crippen LogP) is 2.07. The number of hydrogen-bond acceptors (Lipinski definition) is 4. The Morgan fingerprint density at radius 1 is 1.17 bits per heavy atom. The van der Waals surface area contributed by atoms with E-state index in [1.807, 2.05) is 24.3 Å². The number of allylic oxidation sites excluding steroid dienone is 2. The molecule has 1 N–H and O–H groups in total. The molecule has 1 aromatic rings. The first-order valence-corrected chi connectivity index (χ1v) is 7.90. The Morgan fingerprint density at radius 2 is 1.96 bits per heavy atom. The van der Waals surface area contributed by atoms with Crippen molar-refractivity contribution in [3.05, 3.63) is 42.0 Å². The molecule has 122 valence electrons. The van der Waals surface area contributed by atoms with Crippen LogP contribution in [0.15, 0.2) is 36.4 Å². The molecule has 0 aromatic heterocycles. The molecule has 1 amide bonds. The summed E-state index contributed by atoms with van der Waals surface area (Å²) in [6.45, 7) is 0.184. The molecule has 0 aliphatic heterocycles. The van der Waals surface area contributed by atoms with Crippen LogP contribution in [0.3, 0.4) is 0 Å². The highest BCUT2D eigenvalue weighted by Crippen LogP contribution is 2.43. The van der Waals surface area contributed by atoms with Gasteiger partial charge in [-0.1, -0.05) is 24.3 Å². The molecule has 2 bridgehead atoms. The van der Waals surface area contributed by atoms with E-state index in [2.05, 4.69) is 17.5 Å². The number of esters is 1. The maximum Gasteiger partial charge on any atom is 0.310 e. The second-order valence-electron chi connectivity index (χ2n) is 6.12. The second-order valence-corrected chi connectivity index (χ2v) is 6.12. The predicted molar refractivity (Wildman–Crippen MR) is 84.6 cm³/mol. The van der Waals surface area contributed by atoms with Crippen LogP contribution in [0.2, 0.25) is 0 Å². The zero-order chi connectivity index (χ0) is 16.2. The number of nitrogens with one attached hydrogen (secondary N) is 1. The quantitative estimate of drug-likeness (QED) is 0.645. The van der Waals surface area contributed by atoms with Gasteiger partial charge in [0.05, 0.1) is 13.0 Å². The largest absolute Gasteiger partial charge is 0.497 e. The molecule has 0 spiro atoms. The summed E-state index contributed by atoms with van der Waals surface area (Å²) in [6.07, 6.45) is 6.18. The lowest BCUT2D eigenvalue weighted by Gasteiger charge is -2.16. The highest BCUT2D eigenvalue weighted by atomic mass is 16.5. The summed E-state index contributed by atoms with van der Waals surface area (Å²) in [5.41, 5.74) is 0.962. The topological polar surface area (TPSA) is 64.6 Å². The number of benzene rings is 1. The summed E-state index contributed by atoms with van der Waals surface area (Å²) in [7, 11) is 1.61. The number of hydrogen-bond donors (Lipinski definition) is 1. The zero-order valence-corrected chi connectivity index (χ0v) is 13.2. The lowest BCUT2D eigenvalue weighted by Crippen LogP contribution is -2.30. The standard InChI is InChI=1S/C18H21NO4/c1-22-15-6-3-12(4-7-15)10-19-17(20)11-23-18(21)16-9-13-2-5-14(16)8-13/h2-7,13-14,16H,8-11H2,1H3,(H,19,20)/t13-,14-,16+/m0/s1. The smallest absolute Gasteiger partial charge is 0.310 e. The van der Waals surface area contributed by atoms with Crippen molar-refractivity contribution in [1.29, 1.82) is 0 Å². The number of carbonyl (C=O) groups excluding carboxylic acids is 2. The zero-order valence-electron chi connectivity index (χ0n) is 13.2. The number of amides is 1. The van der Waals surface area contributed by atoms with E-state index < -0.39 is 0 Å². The number of methoxy groups -OCH3 is 1. The van der Waals surface area contributed by atoms with E-state index >= 15 is 0 Å². The molecule has 23 heavy (non-hydrogen) atoms. The van der Waals surface area contributed by atoms with Crippen LogP contribution in [-0.4, -0.2) is 25.6 Å². The molecule has 1 fully saturated rings. The minimum absolute atomic E-state index is 0.0700. The molecule has 3 atom stereocenters. The van der Waals surface area contributed by atoms with Gasteiger partial charge in [-0.3, -0.25) is 9.59 Å². The average molecular weight is 315 g/mol. The number of carbonyl (C=O) groups is 2. The molecule has 2 aliphatic rings. The van der Waals surface area contributed by atoms with Gasteiger partial charge in [-0.2, -0.15) is 0 Å². The van der Waals surface area contributed by atoms with Crippen LogP contribution in [0, 0.1) is 17.8 Å². The van der Waals surface area contributed by atoms with E-state index in [-0.39, 0.29) is 24.4 Å². The van der Waals surface area contributed by atoms with Gasteiger partial charge in [0, 0.05) is 6.54 Å². The molecular formula is C18H21NO4. The molecule has 3 rings (SSSR count). The summed E-state index contributed by atoms with van der Waals surface area (Å²) >= 11 is 0. The average Bonchev–Trinajstić information content (AvgIpc) is 3.21. The molecule has 0 saturated heterocycles. The number of ether oxygens (including phenoxy) is 2. The highest BCUT2D eigenvalue weighted by molar-refractivity contribution is 5.81. The van der Waals surface area contributed by atoms with Crippen LogP contribution in [0.25, 0.3) is 0 Å². The first-order chi connectivity index (χ1) is 11.2. The van der Waals surface area contributed by atoms with Crippen LogP contribution in [0.1, 0.15) is 18.4 Å². The maximum atomic E-state index is 12.0. The van der Waals surface area contributed by atoms with Gasteiger partial charge in [-0.15, -0.1) is 0 Å². The minimum Gasteiger partial charge on any atom is -0.497 e. The third kappa shape index (κ3) is 3.73. The monoisotopic (exact) mass is 315 g/mol. The van der Waals surface area contributed by atoms with Crippen LogP contribution in [0.5, 0.6) is 5.75 Å². The number of rotatable bonds is 6. The van der Waals surface area contributed by atoms with Gasteiger partial charge in [0.25, 0.3) is 5.91 Å². The molecule has 0 heterocycles. The van der Waals surface area contributed by atoms with Crippen molar-refractivity contribution in [2.45, 2.75) is 19.4 Å².